The number of rotatable bonds is 10. The smallest absolute Gasteiger partial charge is 0.128 e. The van der Waals surface area contributed by atoms with E-state index in [1.54, 1.807) is 60.7 Å². The minimum Gasteiger partial charge on any atom is -0.508 e. The molecule has 5 heteroatoms. The van der Waals surface area contributed by atoms with E-state index in [2.05, 4.69) is 13.2 Å². The summed E-state index contributed by atoms with van der Waals surface area (Å²) in [4.78, 5) is 0. The molecule has 4 aromatic rings. The van der Waals surface area contributed by atoms with Crippen LogP contribution in [-0.4, -0.2) is 20.4 Å². The van der Waals surface area contributed by atoms with Crippen molar-refractivity contribution in [1.29, 1.82) is 0 Å². The highest BCUT2D eigenvalue weighted by atomic mass is 16.5. The van der Waals surface area contributed by atoms with E-state index < -0.39 is 0 Å². The van der Waals surface area contributed by atoms with Gasteiger partial charge < -0.3 is 25.2 Å². The Hall–Kier alpha value is -4.64. The second-order valence-corrected chi connectivity index (χ2v) is 8.95. The molecule has 0 aliphatic rings. The molecule has 0 saturated carbocycles. The zero-order valence-corrected chi connectivity index (χ0v) is 20.5. The van der Waals surface area contributed by atoms with Crippen LogP contribution in [0.1, 0.15) is 33.4 Å². The lowest BCUT2D eigenvalue weighted by Crippen LogP contribution is -1.96. The van der Waals surface area contributed by atoms with Crippen molar-refractivity contribution < 1.29 is 25.2 Å². The fourth-order valence-electron chi connectivity index (χ4n) is 4.26. The van der Waals surface area contributed by atoms with Gasteiger partial charge in [0, 0.05) is 29.5 Å². The summed E-state index contributed by atoms with van der Waals surface area (Å²) in [6.45, 7) is 7.52. The van der Waals surface area contributed by atoms with Gasteiger partial charge in [-0.15, -0.1) is 13.2 Å². The third kappa shape index (κ3) is 6.33. The largest absolute Gasteiger partial charge is 0.508 e. The molecule has 0 unspecified atom stereocenters. The molecule has 0 aliphatic heterocycles. The molecule has 4 N–H and O–H groups in total. The third-order valence-electron chi connectivity index (χ3n) is 6.13. The summed E-state index contributed by atoms with van der Waals surface area (Å²) in [5.41, 5.74) is 4.72. The Morgan fingerprint density at radius 1 is 0.568 bits per heavy atom. The molecule has 0 saturated heterocycles. The van der Waals surface area contributed by atoms with E-state index in [0.717, 1.165) is 16.7 Å². The number of hydrogen-bond acceptors (Lipinski definition) is 5. The summed E-state index contributed by atoms with van der Waals surface area (Å²) < 4.78 is 6.18. The van der Waals surface area contributed by atoms with Gasteiger partial charge in [-0.05, 0) is 78.1 Å². The molecule has 0 spiro atoms. The zero-order chi connectivity index (χ0) is 26.4. The highest BCUT2D eigenvalue weighted by Gasteiger charge is 2.13. The Bertz CT molecular complexity index is 1420. The Balaban J connectivity index is 1.62. The molecule has 0 amide bonds. The molecule has 0 atom stereocenters. The lowest BCUT2D eigenvalue weighted by molar-refractivity contribution is 0.449. The lowest BCUT2D eigenvalue weighted by atomic mass is 9.99. The van der Waals surface area contributed by atoms with Crippen molar-refractivity contribution >= 4 is 0 Å². The van der Waals surface area contributed by atoms with Gasteiger partial charge in [0.25, 0.3) is 0 Å². The molecular weight excluding hydrogens is 464 g/mol. The van der Waals surface area contributed by atoms with Gasteiger partial charge in [-0.25, -0.2) is 0 Å². The van der Waals surface area contributed by atoms with Crippen molar-refractivity contribution in [3.63, 3.8) is 0 Å². The van der Waals surface area contributed by atoms with Crippen LogP contribution in [0.3, 0.4) is 0 Å². The Morgan fingerprint density at radius 3 is 1.86 bits per heavy atom. The van der Waals surface area contributed by atoms with Crippen molar-refractivity contribution in [3.05, 3.63) is 131 Å². The average Bonchev–Trinajstić information content (AvgIpc) is 2.87. The quantitative estimate of drug-likeness (QED) is 0.179. The van der Waals surface area contributed by atoms with Crippen molar-refractivity contribution in [3.8, 4) is 34.5 Å². The van der Waals surface area contributed by atoms with Crippen LogP contribution in [0.25, 0.3) is 0 Å². The standard InChI is InChI=1S/C32H30O5/c1-3-5-23-16-22(9-13-30(23)34)17-25-19-28(12-14-31(25)35)37-29-18-24(6-4-2)32(36)26(20-29)15-21-7-10-27(33)11-8-21/h3-4,7-14,16,18-20,33-36H,1-2,5-6,15,17H2. The van der Waals surface area contributed by atoms with Crippen molar-refractivity contribution in [2.75, 3.05) is 0 Å². The predicted molar refractivity (Wildman–Crippen MR) is 146 cm³/mol. The van der Waals surface area contributed by atoms with Gasteiger partial charge in [0.15, 0.2) is 0 Å². The summed E-state index contributed by atoms with van der Waals surface area (Å²) in [5, 5.41) is 40.9. The van der Waals surface area contributed by atoms with Gasteiger partial charge in [0.2, 0.25) is 0 Å². The second kappa shape index (κ2) is 11.4. The molecule has 0 aromatic heterocycles. The number of benzene rings is 4. The Kier molecular flexibility index (Phi) is 7.84. The number of hydrogen-bond donors (Lipinski definition) is 4. The summed E-state index contributed by atoms with van der Waals surface area (Å²) in [6, 6.07) is 20.9. The molecule has 0 heterocycles. The van der Waals surface area contributed by atoms with Crippen molar-refractivity contribution in [1.82, 2.24) is 0 Å². The van der Waals surface area contributed by atoms with E-state index in [4.69, 9.17) is 4.74 Å². The van der Waals surface area contributed by atoms with Gasteiger partial charge in [-0.3, -0.25) is 0 Å². The predicted octanol–water partition coefficient (Wildman–Crippen LogP) is 6.94. The van der Waals surface area contributed by atoms with Gasteiger partial charge in [-0.1, -0.05) is 36.4 Å². The number of allylic oxidation sites excluding steroid dienone is 2. The maximum atomic E-state index is 10.8. The molecule has 4 rings (SSSR count). The number of aromatic hydroxyl groups is 4. The first kappa shape index (κ1) is 25.5. The fraction of sp³-hybridized carbons (Fsp3) is 0.125. The van der Waals surface area contributed by atoms with Gasteiger partial charge in [0.1, 0.15) is 34.5 Å². The normalized spacial score (nSPS) is 10.7. The number of ether oxygens (including phenoxy) is 1. The first-order valence-corrected chi connectivity index (χ1v) is 12.0. The SMILES string of the molecule is C=CCc1cc(Cc2cc(Oc3cc(CC=C)c(O)c(Cc4ccc(O)cc4)c3)ccc2O)ccc1O. The average molecular weight is 495 g/mol. The highest BCUT2D eigenvalue weighted by molar-refractivity contribution is 5.51. The maximum Gasteiger partial charge on any atom is 0.128 e. The minimum atomic E-state index is 0.150. The second-order valence-electron chi connectivity index (χ2n) is 8.95. The van der Waals surface area contributed by atoms with Crippen LogP contribution in [0.5, 0.6) is 34.5 Å². The number of phenolic OH excluding ortho intramolecular Hbond substituents is 4. The minimum absolute atomic E-state index is 0.150. The van der Waals surface area contributed by atoms with Crippen molar-refractivity contribution in [2.24, 2.45) is 0 Å². The van der Waals surface area contributed by atoms with Crippen LogP contribution >= 0.6 is 0 Å². The van der Waals surface area contributed by atoms with Crippen LogP contribution in [0, 0.1) is 0 Å². The van der Waals surface area contributed by atoms with E-state index in [9.17, 15) is 20.4 Å². The Labute approximate surface area is 216 Å². The third-order valence-corrected chi connectivity index (χ3v) is 6.13. The van der Waals surface area contributed by atoms with Gasteiger partial charge in [-0.2, -0.15) is 0 Å². The molecule has 188 valence electrons. The first-order valence-electron chi connectivity index (χ1n) is 12.0. The number of phenols is 4. The molecule has 0 aliphatic carbocycles. The topological polar surface area (TPSA) is 90.2 Å². The van der Waals surface area contributed by atoms with E-state index in [-0.39, 0.29) is 23.0 Å². The Morgan fingerprint density at radius 2 is 1.14 bits per heavy atom. The van der Waals surface area contributed by atoms with Crippen molar-refractivity contribution in [2.45, 2.75) is 25.7 Å². The lowest BCUT2D eigenvalue weighted by Gasteiger charge is -2.15. The van der Waals surface area contributed by atoms with Crippen LogP contribution in [-0.2, 0) is 25.7 Å². The van der Waals surface area contributed by atoms with E-state index in [1.807, 2.05) is 24.3 Å². The molecule has 4 aromatic carbocycles. The van der Waals surface area contributed by atoms with Crippen LogP contribution in [0.2, 0.25) is 0 Å². The van der Waals surface area contributed by atoms with E-state index in [1.165, 1.54) is 0 Å². The van der Waals surface area contributed by atoms with Crippen LogP contribution in [0.4, 0.5) is 0 Å². The van der Waals surface area contributed by atoms with Crippen LogP contribution < -0.4 is 4.74 Å². The highest BCUT2D eigenvalue weighted by Crippen LogP contribution is 2.35. The fourth-order valence-corrected chi connectivity index (χ4v) is 4.26. The summed E-state index contributed by atoms with van der Waals surface area (Å²) in [5.74, 6) is 1.84. The maximum absolute atomic E-state index is 10.8. The molecule has 0 fully saturated rings. The van der Waals surface area contributed by atoms with E-state index >= 15 is 0 Å². The molecule has 37 heavy (non-hydrogen) atoms. The summed E-state index contributed by atoms with van der Waals surface area (Å²) in [6.07, 6.45) is 5.40. The molecular formula is C32H30O5. The zero-order valence-electron chi connectivity index (χ0n) is 20.5. The molecule has 5 nitrogen and oxygen atoms in total. The first-order chi connectivity index (χ1) is 17.9. The summed E-state index contributed by atoms with van der Waals surface area (Å²) >= 11 is 0. The van der Waals surface area contributed by atoms with E-state index in [0.29, 0.717) is 53.9 Å². The van der Waals surface area contributed by atoms with Gasteiger partial charge >= 0.3 is 0 Å². The summed E-state index contributed by atoms with van der Waals surface area (Å²) in [7, 11) is 0. The van der Waals surface area contributed by atoms with Crippen LogP contribution in [0.15, 0.2) is 98.1 Å². The van der Waals surface area contributed by atoms with Gasteiger partial charge in [0.05, 0.1) is 0 Å². The molecule has 0 bridgehead atoms. The molecule has 0 radical (unpaired) electrons. The monoisotopic (exact) mass is 494 g/mol.